The fourth-order valence-electron chi connectivity index (χ4n) is 1.81. The topological polar surface area (TPSA) is 50.4 Å². The summed E-state index contributed by atoms with van der Waals surface area (Å²) < 4.78 is 42.7. The van der Waals surface area contributed by atoms with E-state index < -0.39 is 17.8 Å². The van der Waals surface area contributed by atoms with Crippen molar-refractivity contribution < 1.29 is 22.7 Å². The van der Waals surface area contributed by atoms with Gasteiger partial charge in [-0.3, -0.25) is 0 Å². The van der Waals surface area contributed by atoms with Crippen LogP contribution < -0.4 is 15.4 Å². The Morgan fingerprint density at radius 3 is 2.38 bits per heavy atom. The van der Waals surface area contributed by atoms with Crippen molar-refractivity contribution in [2.75, 3.05) is 18.5 Å². The number of anilines is 1. The van der Waals surface area contributed by atoms with Crippen molar-refractivity contribution >= 4 is 23.3 Å². The van der Waals surface area contributed by atoms with Crippen LogP contribution >= 0.6 is 11.6 Å². The molecule has 2 aromatic carbocycles. The van der Waals surface area contributed by atoms with Crippen molar-refractivity contribution in [2.24, 2.45) is 0 Å². The van der Waals surface area contributed by atoms with Crippen molar-refractivity contribution in [1.29, 1.82) is 0 Å². The van der Waals surface area contributed by atoms with Crippen molar-refractivity contribution in [2.45, 2.75) is 6.18 Å². The number of ether oxygens (including phenoxy) is 1. The lowest BCUT2D eigenvalue weighted by Gasteiger charge is -2.11. The average molecular weight is 359 g/mol. The normalized spacial score (nSPS) is 11.0. The summed E-state index contributed by atoms with van der Waals surface area (Å²) in [6.07, 6.45) is -4.41. The number of hydrogen-bond acceptors (Lipinski definition) is 2. The SMILES string of the molecule is O=C(NCCOc1ccccc1Cl)Nc1ccc(C(F)(F)F)cc1. The molecule has 0 spiro atoms. The summed E-state index contributed by atoms with van der Waals surface area (Å²) in [5, 5.41) is 5.42. The number of carbonyl (C=O) groups excluding carboxylic acids is 1. The zero-order chi connectivity index (χ0) is 17.6. The van der Waals surface area contributed by atoms with E-state index in [1.807, 2.05) is 0 Å². The second kappa shape index (κ2) is 7.92. The number of halogens is 4. The second-order valence-electron chi connectivity index (χ2n) is 4.73. The Morgan fingerprint density at radius 2 is 1.75 bits per heavy atom. The molecule has 0 atom stereocenters. The van der Waals surface area contributed by atoms with Crippen LogP contribution in [0, 0.1) is 0 Å². The van der Waals surface area contributed by atoms with Gasteiger partial charge in [-0.15, -0.1) is 0 Å². The first-order valence-corrected chi connectivity index (χ1v) is 7.33. The van der Waals surface area contributed by atoms with Crippen LogP contribution in [0.4, 0.5) is 23.7 Å². The molecule has 2 N–H and O–H groups in total. The largest absolute Gasteiger partial charge is 0.490 e. The van der Waals surface area contributed by atoms with Crippen molar-refractivity contribution in [3.05, 3.63) is 59.1 Å². The summed E-state index contributed by atoms with van der Waals surface area (Å²) in [6, 6.07) is 10.5. The molecule has 0 bridgehead atoms. The molecule has 0 fully saturated rings. The lowest BCUT2D eigenvalue weighted by Crippen LogP contribution is -2.32. The van der Waals surface area contributed by atoms with Crippen LogP contribution in [0.2, 0.25) is 5.02 Å². The molecule has 0 radical (unpaired) electrons. The predicted molar refractivity (Wildman–Crippen MR) is 85.4 cm³/mol. The van der Waals surface area contributed by atoms with Gasteiger partial charge in [0, 0.05) is 5.69 Å². The Morgan fingerprint density at radius 1 is 1.08 bits per heavy atom. The van der Waals surface area contributed by atoms with Crippen molar-refractivity contribution in [1.82, 2.24) is 5.32 Å². The molecule has 2 amide bonds. The van der Waals surface area contributed by atoms with Crippen LogP contribution in [0.3, 0.4) is 0 Å². The number of alkyl halides is 3. The second-order valence-corrected chi connectivity index (χ2v) is 5.14. The van der Waals surface area contributed by atoms with Gasteiger partial charge in [-0.05, 0) is 36.4 Å². The standard InChI is InChI=1S/C16H14ClF3N2O2/c17-13-3-1-2-4-14(13)24-10-9-21-15(23)22-12-7-5-11(6-8-12)16(18,19)20/h1-8H,9-10H2,(H2,21,22,23). The van der Waals surface area contributed by atoms with Crippen LogP contribution in [0.25, 0.3) is 0 Å². The number of para-hydroxylation sites is 1. The molecule has 0 heterocycles. The summed E-state index contributed by atoms with van der Waals surface area (Å²) in [5.41, 5.74) is -0.519. The van der Waals surface area contributed by atoms with Crippen LogP contribution in [-0.4, -0.2) is 19.2 Å². The summed E-state index contributed by atoms with van der Waals surface area (Å²) >= 11 is 5.91. The minimum absolute atomic E-state index is 0.199. The highest BCUT2D eigenvalue weighted by atomic mass is 35.5. The van der Waals surface area contributed by atoms with E-state index in [4.69, 9.17) is 16.3 Å². The first-order valence-electron chi connectivity index (χ1n) is 6.96. The molecule has 4 nitrogen and oxygen atoms in total. The van der Waals surface area contributed by atoms with E-state index in [1.54, 1.807) is 24.3 Å². The van der Waals surface area contributed by atoms with E-state index in [9.17, 15) is 18.0 Å². The highest BCUT2D eigenvalue weighted by Gasteiger charge is 2.29. The van der Waals surface area contributed by atoms with Gasteiger partial charge in [-0.25, -0.2) is 4.79 Å². The number of benzene rings is 2. The quantitative estimate of drug-likeness (QED) is 0.770. The van der Waals surface area contributed by atoms with Crippen LogP contribution in [-0.2, 0) is 6.18 Å². The van der Waals surface area contributed by atoms with Gasteiger partial charge in [-0.2, -0.15) is 13.2 Å². The highest BCUT2D eigenvalue weighted by molar-refractivity contribution is 6.32. The molecule has 0 aliphatic rings. The smallest absolute Gasteiger partial charge is 0.416 e. The number of nitrogens with one attached hydrogen (secondary N) is 2. The lowest BCUT2D eigenvalue weighted by atomic mass is 10.2. The fraction of sp³-hybridized carbons (Fsp3) is 0.188. The molecule has 0 saturated heterocycles. The number of hydrogen-bond donors (Lipinski definition) is 2. The zero-order valence-electron chi connectivity index (χ0n) is 12.4. The van der Waals surface area contributed by atoms with E-state index >= 15 is 0 Å². The van der Waals surface area contributed by atoms with Crippen LogP contribution in [0.1, 0.15) is 5.56 Å². The lowest BCUT2D eigenvalue weighted by molar-refractivity contribution is -0.137. The molecule has 0 aliphatic heterocycles. The molecule has 24 heavy (non-hydrogen) atoms. The average Bonchev–Trinajstić information content (AvgIpc) is 2.53. The minimum atomic E-state index is -4.41. The van der Waals surface area contributed by atoms with Crippen molar-refractivity contribution in [3.63, 3.8) is 0 Å². The van der Waals surface area contributed by atoms with Gasteiger partial charge >= 0.3 is 12.2 Å². The minimum Gasteiger partial charge on any atom is -0.490 e. The van der Waals surface area contributed by atoms with E-state index in [2.05, 4.69) is 10.6 Å². The third-order valence-electron chi connectivity index (χ3n) is 2.95. The predicted octanol–water partition coefficient (Wildman–Crippen LogP) is 4.56. The molecule has 0 aliphatic carbocycles. The summed E-state index contributed by atoms with van der Waals surface area (Å²) in [5.74, 6) is 0.504. The summed E-state index contributed by atoms with van der Waals surface area (Å²) in [7, 11) is 0. The maximum absolute atomic E-state index is 12.4. The molecule has 8 heteroatoms. The molecule has 128 valence electrons. The van der Waals surface area contributed by atoms with Gasteiger partial charge < -0.3 is 15.4 Å². The summed E-state index contributed by atoms with van der Waals surface area (Å²) in [6.45, 7) is 0.405. The Kier molecular flexibility index (Phi) is 5.92. The zero-order valence-corrected chi connectivity index (χ0v) is 13.1. The molecule has 2 rings (SSSR count). The molecular weight excluding hydrogens is 345 g/mol. The molecular formula is C16H14ClF3N2O2. The number of rotatable bonds is 5. The van der Waals surface area contributed by atoms with Crippen LogP contribution in [0.5, 0.6) is 5.75 Å². The molecule has 0 unspecified atom stereocenters. The first-order chi connectivity index (χ1) is 11.4. The third-order valence-corrected chi connectivity index (χ3v) is 3.26. The maximum atomic E-state index is 12.4. The van der Waals surface area contributed by atoms with Crippen LogP contribution in [0.15, 0.2) is 48.5 Å². The van der Waals surface area contributed by atoms with E-state index in [-0.39, 0.29) is 18.8 Å². The number of carbonyl (C=O) groups is 1. The highest BCUT2D eigenvalue weighted by Crippen LogP contribution is 2.29. The van der Waals surface area contributed by atoms with Gasteiger partial charge in [0.25, 0.3) is 0 Å². The van der Waals surface area contributed by atoms with Gasteiger partial charge in [0.2, 0.25) is 0 Å². The van der Waals surface area contributed by atoms with E-state index in [1.165, 1.54) is 12.1 Å². The Bertz CT molecular complexity index is 690. The maximum Gasteiger partial charge on any atom is 0.416 e. The monoisotopic (exact) mass is 358 g/mol. The number of amides is 2. The van der Waals surface area contributed by atoms with Crippen molar-refractivity contribution in [3.8, 4) is 5.75 Å². The van der Waals surface area contributed by atoms with E-state index in [0.717, 1.165) is 12.1 Å². The molecule has 0 saturated carbocycles. The Labute approximate surface area is 141 Å². The molecule has 2 aromatic rings. The van der Waals surface area contributed by atoms with Gasteiger partial charge in [0.05, 0.1) is 17.1 Å². The van der Waals surface area contributed by atoms with Gasteiger partial charge in [0.1, 0.15) is 12.4 Å². The van der Waals surface area contributed by atoms with Gasteiger partial charge in [0.15, 0.2) is 0 Å². The molecule has 0 aromatic heterocycles. The Balaban J connectivity index is 1.74. The fourth-order valence-corrected chi connectivity index (χ4v) is 2.00. The van der Waals surface area contributed by atoms with E-state index in [0.29, 0.717) is 10.8 Å². The first kappa shape index (κ1) is 17.9. The Hall–Kier alpha value is -2.41. The van der Waals surface area contributed by atoms with Gasteiger partial charge in [-0.1, -0.05) is 23.7 Å². The summed E-state index contributed by atoms with van der Waals surface area (Å²) in [4.78, 5) is 11.6. The third kappa shape index (κ3) is 5.34. The number of urea groups is 1.